The molecule has 0 N–H and O–H groups in total. The number of hydrogen-bond donors (Lipinski definition) is 0. The van der Waals surface area contributed by atoms with Crippen LogP contribution in [0.4, 0.5) is 11.4 Å². The van der Waals surface area contributed by atoms with Gasteiger partial charge in [0.05, 0.1) is 22.2 Å². The molecule has 2 nitrogen and oxygen atoms in total. The van der Waals surface area contributed by atoms with Crippen LogP contribution >= 0.6 is 0 Å². The molecule has 8 aromatic rings. The first kappa shape index (κ1) is 32.3. The maximum absolute atomic E-state index is 4.30. The first-order valence-electron chi connectivity index (χ1n) is 19.1. The Kier molecular flexibility index (Phi) is 7.39. The van der Waals surface area contributed by atoms with Gasteiger partial charge in [0.15, 0.2) is 0 Å². The number of hydrogen-bond acceptors (Lipinski definition) is 1. The van der Waals surface area contributed by atoms with E-state index in [9.17, 15) is 0 Å². The number of fused-ring (bicyclic) bond motifs is 7. The third kappa shape index (κ3) is 4.66. The fourth-order valence-electron chi connectivity index (χ4n) is 9.54. The van der Waals surface area contributed by atoms with E-state index >= 15 is 0 Å². The van der Waals surface area contributed by atoms with Gasteiger partial charge in [-0.25, -0.2) is 0 Å². The molecule has 0 bridgehead atoms. The van der Waals surface area contributed by atoms with Gasteiger partial charge in [-0.1, -0.05) is 154 Å². The van der Waals surface area contributed by atoms with Crippen LogP contribution in [0.2, 0.25) is 0 Å². The summed E-state index contributed by atoms with van der Waals surface area (Å²) in [4.78, 5) is 2.52. The molecule has 0 atom stereocenters. The Hall–Kier alpha value is -6.38. The smallest absolute Gasteiger partial charge is 0.0782 e. The van der Waals surface area contributed by atoms with Crippen molar-refractivity contribution in [2.75, 3.05) is 4.90 Å². The first-order valence-corrected chi connectivity index (χ1v) is 19.1. The largest absolute Gasteiger partial charge is 0.312 e. The summed E-state index contributed by atoms with van der Waals surface area (Å²) in [5.74, 6) is 0. The van der Waals surface area contributed by atoms with Crippen molar-refractivity contribution >= 4 is 66.2 Å². The van der Waals surface area contributed by atoms with E-state index in [-0.39, 0.29) is 5.41 Å². The lowest BCUT2D eigenvalue weighted by Gasteiger charge is -2.31. The molecular formula is C52H42N2. The molecular weight excluding hydrogens is 653 g/mol. The maximum Gasteiger partial charge on any atom is 0.0782 e. The molecule has 2 aliphatic carbocycles. The fourth-order valence-corrected chi connectivity index (χ4v) is 9.54. The molecule has 0 spiro atoms. The van der Waals surface area contributed by atoms with Gasteiger partial charge in [-0.3, -0.25) is 0 Å². The second-order valence-corrected chi connectivity index (χ2v) is 15.2. The van der Waals surface area contributed by atoms with Crippen LogP contribution in [-0.2, 0) is 5.41 Å². The van der Waals surface area contributed by atoms with Gasteiger partial charge < -0.3 is 9.30 Å². The quantitative estimate of drug-likeness (QED) is 0.161. The van der Waals surface area contributed by atoms with Gasteiger partial charge >= 0.3 is 0 Å². The van der Waals surface area contributed by atoms with E-state index in [4.69, 9.17) is 0 Å². The Morgan fingerprint density at radius 2 is 1.33 bits per heavy atom. The number of nitrogens with zero attached hydrogens (tertiary/aromatic N) is 2. The minimum atomic E-state index is -0.114. The summed E-state index contributed by atoms with van der Waals surface area (Å²) in [7, 11) is 0. The van der Waals surface area contributed by atoms with Crippen LogP contribution in [-0.4, -0.2) is 4.40 Å². The lowest BCUT2D eigenvalue weighted by Crippen LogP contribution is -2.18. The van der Waals surface area contributed by atoms with Crippen molar-refractivity contribution in [2.24, 2.45) is 0 Å². The highest BCUT2D eigenvalue weighted by Crippen LogP contribution is 2.52. The third-order valence-corrected chi connectivity index (χ3v) is 12.0. The molecule has 0 aliphatic heterocycles. The second-order valence-electron chi connectivity index (χ2n) is 15.2. The van der Waals surface area contributed by atoms with Crippen LogP contribution in [0.25, 0.3) is 54.8 Å². The predicted molar refractivity (Wildman–Crippen MR) is 232 cm³/mol. The highest BCUT2D eigenvalue weighted by Gasteiger charge is 2.37. The molecule has 2 heterocycles. The van der Waals surface area contributed by atoms with Crippen molar-refractivity contribution in [3.05, 3.63) is 204 Å². The molecule has 0 fully saturated rings. The molecule has 0 saturated heterocycles. The minimum absolute atomic E-state index is 0.114. The van der Waals surface area contributed by atoms with Crippen LogP contribution in [0, 0.1) is 0 Å². The molecule has 0 radical (unpaired) electrons. The molecule has 6 aromatic carbocycles. The van der Waals surface area contributed by atoms with Crippen LogP contribution in [0.3, 0.4) is 0 Å². The Balaban J connectivity index is 1.17. The van der Waals surface area contributed by atoms with Crippen molar-refractivity contribution in [3.8, 4) is 0 Å². The molecule has 0 saturated carbocycles. The summed E-state index contributed by atoms with van der Waals surface area (Å²) in [5, 5.41) is 5.17. The van der Waals surface area contributed by atoms with Crippen LogP contribution in [0.5, 0.6) is 0 Å². The third-order valence-electron chi connectivity index (χ3n) is 12.0. The summed E-state index contributed by atoms with van der Waals surface area (Å²) < 4.78 is 2.52. The molecule has 0 amide bonds. The molecule has 2 aromatic heterocycles. The number of anilines is 2. The lowest BCUT2D eigenvalue weighted by molar-refractivity contribution is 0.654. The van der Waals surface area contributed by atoms with E-state index in [1.54, 1.807) is 0 Å². The van der Waals surface area contributed by atoms with E-state index in [1.807, 2.05) is 0 Å². The van der Waals surface area contributed by atoms with E-state index in [0.717, 1.165) is 18.5 Å². The first-order chi connectivity index (χ1) is 26.5. The van der Waals surface area contributed by atoms with Gasteiger partial charge in [0.1, 0.15) is 0 Å². The second kappa shape index (κ2) is 12.4. The highest BCUT2D eigenvalue weighted by molar-refractivity contribution is 6.25. The molecule has 0 unspecified atom stereocenters. The van der Waals surface area contributed by atoms with Gasteiger partial charge in [-0.2, -0.15) is 0 Å². The zero-order chi connectivity index (χ0) is 36.6. The predicted octanol–water partition coefficient (Wildman–Crippen LogP) is 14.1. The van der Waals surface area contributed by atoms with Gasteiger partial charge in [-0.15, -0.1) is 0 Å². The Morgan fingerprint density at radius 1 is 0.667 bits per heavy atom. The van der Waals surface area contributed by atoms with Crippen LogP contribution in [0.1, 0.15) is 55.9 Å². The van der Waals surface area contributed by atoms with E-state index in [1.165, 1.54) is 94.0 Å². The standard InChI is InChI=1S/C52H42N2/c1-5-39(49-44-19-10-12-23-46(44)52(3,4)45(49)6-2)36-28-32-38(33-29-36)53(37-30-26-35(27-31-37)34-16-8-7-9-17-34)48-25-15-22-43-42-21-14-20-41-40-18-11-13-24-47(40)54(50(41)42)51(43)48/h5-26,28-30,32-33H,2,27,31H2,1,3-4H3/b39-5-. The molecule has 10 rings (SSSR count). The van der Waals surface area contributed by atoms with Gasteiger partial charge in [0, 0.05) is 38.3 Å². The normalized spacial score (nSPS) is 15.6. The maximum atomic E-state index is 4.30. The Morgan fingerprint density at radius 3 is 2.07 bits per heavy atom. The minimum Gasteiger partial charge on any atom is -0.312 e. The molecule has 54 heavy (non-hydrogen) atoms. The number of allylic oxidation sites excluding steroid dienone is 9. The number of aromatic nitrogens is 1. The van der Waals surface area contributed by atoms with Crippen molar-refractivity contribution in [2.45, 2.75) is 39.0 Å². The number of benzene rings is 6. The number of rotatable bonds is 7. The van der Waals surface area contributed by atoms with E-state index in [0.29, 0.717) is 0 Å². The fraction of sp³-hybridized carbons (Fsp3) is 0.115. The van der Waals surface area contributed by atoms with Gasteiger partial charge in [0.2, 0.25) is 0 Å². The summed E-state index contributed by atoms with van der Waals surface area (Å²) in [6.45, 7) is 11.1. The highest BCUT2D eigenvalue weighted by atomic mass is 15.2. The average Bonchev–Trinajstić information content (AvgIpc) is 3.82. The zero-order valence-electron chi connectivity index (χ0n) is 31.1. The number of para-hydroxylation sites is 3. The van der Waals surface area contributed by atoms with Crippen molar-refractivity contribution < 1.29 is 0 Å². The van der Waals surface area contributed by atoms with Crippen LogP contribution in [0.15, 0.2) is 182 Å². The SMILES string of the molecule is C=CC1=C(/C(=C\C)c2ccc(N(C3=CC=C(c4ccccc4)CC3)c3cccc4c5cccc6c7ccccc7n(c34)c65)cc2)c2ccccc2C1(C)C. The molecule has 2 heteroatoms. The topological polar surface area (TPSA) is 7.65 Å². The van der Waals surface area contributed by atoms with E-state index in [2.05, 4.69) is 200 Å². The van der Waals surface area contributed by atoms with Crippen molar-refractivity contribution in [1.82, 2.24) is 4.40 Å². The van der Waals surface area contributed by atoms with Crippen molar-refractivity contribution in [1.29, 1.82) is 0 Å². The van der Waals surface area contributed by atoms with Crippen molar-refractivity contribution in [3.63, 3.8) is 0 Å². The zero-order valence-corrected chi connectivity index (χ0v) is 31.1. The monoisotopic (exact) mass is 694 g/mol. The molecule has 260 valence electrons. The summed E-state index contributed by atoms with van der Waals surface area (Å²) >= 11 is 0. The Labute approximate surface area is 317 Å². The van der Waals surface area contributed by atoms with E-state index < -0.39 is 0 Å². The van der Waals surface area contributed by atoms with Gasteiger partial charge in [0.25, 0.3) is 0 Å². The Bertz CT molecular complexity index is 2910. The summed E-state index contributed by atoms with van der Waals surface area (Å²) in [6.07, 6.45) is 10.9. The lowest BCUT2D eigenvalue weighted by atomic mass is 9.81. The summed E-state index contributed by atoms with van der Waals surface area (Å²) in [6, 6.07) is 51.4. The van der Waals surface area contributed by atoms with Gasteiger partial charge in [-0.05, 0) is 94.7 Å². The van der Waals surface area contributed by atoms with Crippen LogP contribution < -0.4 is 4.90 Å². The average molecular weight is 695 g/mol. The summed E-state index contributed by atoms with van der Waals surface area (Å²) in [5.41, 5.74) is 17.6. The molecule has 2 aliphatic rings.